The van der Waals surface area contributed by atoms with Crippen LogP contribution in [0.2, 0.25) is 0 Å². The van der Waals surface area contributed by atoms with Crippen LogP contribution in [-0.4, -0.2) is 26.6 Å². The maximum absolute atomic E-state index is 11.2. The number of aromatic nitrogens is 2. The van der Waals surface area contributed by atoms with Crippen LogP contribution in [-0.2, 0) is 0 Å². The number of rotatable bonds is 4. The zero-order chi connectivity index (χ0) is 17.4. The number of phenols is 1. The van der Waals surface area contributed by atoms with E-state index in [1.807, 2.05) is 26.0 Å². The van der Waals surface area contributed by atoms with Crippen molar-refractivity contribution in [3.8, 4) is 22.9 Å². The molecular formula is C17H17N3O4. The highest BCUT2D eigenvalue weighted by atomic mass is 16.6. The van der Waals surface area contributed by atoms with Gasteiger partial charge >= 0.3 is 5.69 Å². The molecule has 1 aromatic heterocycles. The van der Waals surface area contributed by atoms with Crippen molar-refractivity contribution in [2.45, 2.75) is 20.8 Å². The minimum Gasteiger partial charge on any atom is -0.500 e. The fraction of sp³-hybridized carbons (Fsp3) is 0.235. The normalized spacial score (nSPS) is 11.0. The average Bonchev–Trinajstić information content (AvgIpc) is 2.92. The third-order valence-corrected chi connectivity index (χ3v) is 3.92. The molecule has 0 aliphatic carbocycles. The molecule has 124 valence electrons. The van der Waals surface area contributed by atoms with Gasteiger partial charge in [0.15, 0.2) is 5.75 Å². The van der Waals surface area contributed by atoms with E-state index in [0.29, 0.717) is 11.4 Å². The number of phenolic OH excluding ortho intramolecular Hbond substituents is 1. The van der Waals surface area contributed by atoms with Gasteiger partial charge in [-0.2, -0.15) is 0 Å². The highest BCUT2D eigenvalue weighted by molar-refractivity contribution is 5.82. The number of benzene rings is 2. The summed E-state index contributed by atoms with van der Waals surface area (Å²) >= 11 is 0. The quantitative estimate of drug-likeness (QED) is 0.559. The van der Waals surface area contributed by atoms with Crippen LogP contribution in [0.4, 0.5) is 5.69 Å². The molecule has 0 atom stereocenters. The molecule has 7 nitrogen and oxygen atoms in total. The van der Waals surface area contributed by atoms with Crippen LogP contribution in [0.1, 0.15) is 18.1 Å². The number of nitrogens with zero attached hydrogens (tertiary/aromatic N) is 2. The Bertz CT molecular complexity index is 908. The number of nitro groups is 1. The van der Waals surface area contributed by atoms with Gasteiger partial charge in [-0.15, -0.1) is 0 Å². The number of imidazole rings is 1. The van der Waals surface area contributed by atoms with Crippen LogP contribution in [0.3, 0.4) is 0 Å². The predicted molar refractivity (Wildman–Crippen MR) is 90.5 cm³/mol. The lowest BCUT2D eigenvalue weighted by Crippen LogP contribution is -1.96. The highest BCUT2D eigenvalue weighted by Crippen LogP contribution is 2.40. The Morgan fingerprint density at radius 3 is 2.62 bits per heavy atom. The number of H-pyrrole nitrogens is 1. The summed E-state index contributed by atoms with van der Waals surface area (Å²) in [4.78, 5) is 18.2. The second-order valence-corrected chi connectivity index (χ2v) is 5.57. The molecule has 7 heteroatoms. The van der Waals surface area contributed by atoms with Crippen molar-refractivity contribution in [1.29, 1.82) is 0 Å². The van der Waals surface area contributed by atoms with Gasteiger partial charge in [-0.1, -0.05) is 0 Å². The minimum atomic E-state index is -0.641. The third-order valence-electron chi connectivity index (χ3n) is 3.92. The smallest absolute Gasteiger partial charge is 0.315 e. The average molecular weight is 327 g/mol. The number of aromatic amines is 1. The molecule has 0 saturated heterocycles. The molecule has 0 radical (unpaired) electrons. The van der Waals surface area contributed by atoms with Gasteiger partial charge in [0, 0.05) is 11.6 Å². The van der Waals surface area contributed by atoms with Gasteiger partial charge < -0.3 is 14.8 Å². The predicted octanol–water partition coefficient (Wildman–Crippen LogP) is 3.86. The molecule has 2 N–H and O–H groups in total. The van der Waals surface area contributed by atoms with Crippen molar-refractivity contribution in [2.75, 3.05) is 6.61 Å². The van der Waals surface area contributed by atoms with E-state index < -0.39 is 16.4 Å². The molecule has 2 aromatic carbocycles. The van der Waals surface area contributed by atoms with Crippen LogP contribution in [0.5, 0.6) is 11.5 Å². The molecule has 1 heterocycles. The summed E-state index contributed by atoms with van der Waals surface area (Å²) in [6.45, 7) is 6.03. The van der Waals surface area contributed by atoms with E-state index in [0.717, 1.165) is 22.2 Å². The number of ether oxygens (including phenoxy) is 1. The molecule has 0 unspecified atom stereocenters. The van der Waals surface area contributed by atoms with Crippen molar-refractivity contribution < 1.29 is 14.8 Å². The van der Waals surface area contributed by atoms with Crippen molar-refractivity contribution in [1.82, 2.24) is 9.97 Å². The van der Waals surface area contributed by atoms with Gasteiger partial charge in [0.25, 0.3) is 0 Å². The molecule has 3 rings (SSSR count). The summed E-state index contributed by atoms with van der Waals surface area (Å²) in [7, 11) is 0. The van der Waals surface area contributed by atoms with Gasteiger partial charge in [0.1, 0.15) is 5.82 Å². The number of nitro benzene ring substituents is 1. The van der Waals surface area contributed by atoms with Crippen molar-refractivity contribution in [2.24, 2.45) is 0 Å². The van der Waals surface area contributed by atoms with E-state index in [1.54, 1.807) is 13.0 Å². The Labute approximate surface area is 138 Å². The second-order valence-electron chi connectivity index (χ2n) is 5.57. The van der Waals surface area contributed by atoms with Crippen molar-refractivity contribution in [3.05, 3.63) is 45.5 Å². The van der Waals surface area contributed by atoms with E-state index in [-0.39, 0.29) is 12.4 Å². The van der Waals surface area contributed by atoms with E-state index in [1.165, 1.54) is 6.07 Å². The lowest BCUT2D eigenvalue weighted by atomic mass is 10.1. The fourth-order valence-corrected chi connectivity index (χ4v) is 2.54. The number of aryl methyl sites for hydroxylation is 2. The van der Waals surface area contributed by atoms with Crippen molar-refractivity contribution >= 4 is 16.7 Å². The Balaban J connectivity index is 2.19. The lowest BCUT2D eigenvalue weighted by molar-refractivity contribution is -0.385. The van der Waals surface area contributed by atoms with Crippen LogP contribution < -0.4 is 4.74 Å². The van der Waals surface area contributed by atoms with Gasteiger partial charge in [-0.05, 0) is 50.1 Å². The minimum absolute atomic E-state index is 0.0644. The van der Waals surface area contributed by atoms with Gasteiger partial charge in [-0.3, -0.25) is 10.1 Å². The Hall–Kier alpha value is -3.09. The highest BCUT2D eigenvalue weighted by Gasteiger charge is 2.22. The lowest BCUT2D eigenvalue weighted by Gasteiger charge is -2.07. The number of hydrogen-bond donors (Lipinski definition) is 2. The van der Waals surface area contributed by atoms with Crippen LogP contribution >= 0.6 is 0 Å². The number of aromatic hydroxyl groups is 1. The van der Waals surface area contributed by atoms with E-state index in [9.17, 15) is 15.2 Å². The number of nitrogens with one attached hydrogen (secondary N) is 1. The van der Waals surface area contributed by atoms with E-state index in [4.69, 9.17) is 4.74 Å². The maximum atomic E-state index is 11.2. The molecule has 0 aliphatic heterocycles. The zero-order valence-corrected chi connectivity index (χ0v) is 13.6. The molecule has 0 amide bonds. The summed E-state index contributed by atoms with van der Waals surface area (Å²) in [5.74, 6) is 0.0713. The Morgan fingerprint density at radius 2 is 1.96 bits per heavy atom. The first-order chi connectivity index (χ1) is 11.4. The Morgan fingerprint density at radius 1 is 1.25 bits per heavy atom. The van der Waals surface area contributed by atoms with Crippen LogP contribution in [0.25, 0.3) is 22.4 Å². The van der Waals surface area contributed by atoms with E-state index in [2.05, 4.69) is 9.97 Å². The maximum Gasteiger partial charge on any atom is 0.315 e. The molecule has 3 aromatic rings. The molecule has 0 fully saturated rings. The number of fused-ring (bicyclic) bond motifs is 1. The molecular weight excluding hydrogens is 310 g/mol. The first-order valence-corrected chi connectivity index (χ1v) is 7.52. The van der Waals surface area contributed by atoms with Crippen molar-refractivity contribution in [3.63, 3.8) is 0 Å². The Kier molecular flexibility index (Phi) is 3.84. The van der Waals surface area contributed by atoms with Crippen LogP contribution in [0.15, 0.2) is 24.3 Å². The first kappa shape index (κ1) is 15.8. The second kappa shape index (κ2) is 5.84. The van der Waals surface area contributed by atoms with Gasteiger partial charge in [0.2, 0.25) is 5.75 Å². The molecule has 0 aliphatic rings. The summed E-state index contributed by atoms with van der Waals surface area (Å²) < 4.78 is 5.31. The fourth-order valence-electron chi connectivity index (χ4n) is 2.54. The SMILES string of the molecule is CCOc1cc(-c2nc3cc(C)c(C)cc3[nH]2)cc([N+](=O)[O-])c1O. The molecule has 24 heavy (non-hydrogen) atoms. The standard InChI is InChI=1S/C17H17N3O4/c1-4-24-15-8-11(7-14(16(15)21)20(22)23)17-18-12-5-9(2)10(3)6-13(12)19-17/h5-8,21H,4H2,1-3H3,(H,18,19). The number of hydrogen-bond acceptors (Lipinski definition) is 5. The third kappa shape index (κ3) is 2.64. The van der Waals surface area contributed by atoms with Gasteiger partial charge in [-0.25, -0.2) is 4.98 Å². The summed E-state index contributed by atoms with van der Waals surface area (Å²) in [5, 5.41) is 21.2. The van der Waals surface area contributed by atoms with Gasteiger partial charge in [0.05, 0.1) is 22.6 Å². The monoisotopic (exact) mass is 327 g/mol. The van der Waals surface area contributed by atoms with Crippen LogP contribution in [0, 0.1) is 24.0 Å². The summed E-state index contributed by atoms with van der Waals surface area (Å²) in [6, 6.07) is 6.78. The van der Waals surface area contributed by atoms with E-state index >= 15 is 0 Å². The molecule has 0 bridgehead atoms. The molecule has 0 spiro atoms. The summed E-state index contributed by atoms with van der Waals surface area (Å²) in [5.41, 5.74) is 3.94. The molecule has 0 saturated carbocycles. The first-order valence-electron chi connectivity index (χ1n) is 7.52. The summed E-state index contributed by atoms with van der Waals surface area (Å²) in [6.07, 6.45) is 0. The topological polar surface area (TPSA) is 101 Å². The largest absolute Gasteiger partial charge is 0.500 e. The zero-order valence-electron chi connectivity index (χ0n) is 13.6.